The number of nitrogens with one attached hydrogen (secondary N) is 1. The van der Waals surface area contributed by atoms with Crippen LogP contribution in [-0.2, 0) is 0 Å². The van der Waals surface area contributed by atoms with Crippen molar-refractivity contribution in [1.29, 1.82) is 0 Å². The number of hydrogen-bond acceptors (Lipinski definition) is 2. The smallest absolute Gasteiger partial charge is 0.0396 e. The number of nitrogens with zero attached hydrogens (tertiary/aromatic N) is 1. The molecule has 0 saturated carbocycles. The van der Waals surface area contributed by atoms with Gasteiger partial charge < -0.3 is 10.2 Å². The summed E-state index contributed by atoms with van der Waals surface area (Å²) in [5, 5.41) is 3.61. The second-order valence-electron chi connectivity index (χ2n) is 4.62. The van der Waals surface area contributed by atoms with Gasteiger partial charge in [0.25, 0.3) is 0 Å². The monoisotopic (exact) mass is 218 g/mol. The van der Waals surface area contributed by atoms with E-state index in [9.17, 15) is 0 Å². The molecule has 0 bridgehead atoms. The molecule has 1 aliphatic heterocycles. The van der Waals surface area contributed by atoms with Crippen LogP contribution >= 0.6 is 0 Å². The summed E-state index contributed by atoms with van der Waals surface area (Å²) < 4.78 is 0. The third-order valence-corrected chi connectivity index (χ3v) is 3.51. The Balaban J connectivity index is 2.08. The number of benzene rings is 1. The van der Waals surface area contributed by atoms with Crippen molar-refractivity contribution in [3.63, 3.8) is 0 Å². The standard InChI is InChI=1S/C14H22N2/c1-3-13-8-10-16(11-9-15-13)14-7-5-4-6-12(14)2/h4-7,13,15H,3,8-11H2,1-2H3. The molecule has 1 aromatic rings. The quantitative estimate of drug-likeness (QED) is 0.820. The van der Waals surface area contributed by atoms with E-state index in [0.717, 1.165) is 13.1 Å². The minimum absolute atomic E-state index is 0.703. The van der Waals surface area contributed by atoms with Gasteiger partial charge in [-0.25, -0.2) is 0 Å². The van der Waals surface area contributed by atoms with E-state index in [0.29, 0.717) is 6.04 Å². The van der Waals surface area contributed by atoms with Crippen LogP contribution in [0.2, 0.25) is 0 Å². The summed E-state index contributed by atoms with van der Waals surface area (Å²) in [6, 6.07) is 9.39. The van der Waals surface area contributed by atoms with Gasteiger partial charge in [-0.3, -0.25) is 0 Å². The van der Waals surface area contributed by atoms with Crippen molar-refractivity contribution in [3.8, 4) is 0 Å². The molecule has 0 radical (unpaired) electrons. The topological polar surface area (TPSA) is 15.3 Å². The number of para-hydroxylation sites is 1. The predicted molar refractivity (Wildman–Crippen MR) is 70.1 cm³/mol. The van der Waals surface area contributed by atoms with Crippen LogP contribution < -0.4 is 10.2 Å². The fraction of sp³-hybridized carbons (Fsp3) is 0.571. The van der Waals surface area contributed by atoms with Crippen molar-refractivity contribution in [2.75, 3.05) is 24.5 Å². The zero-order valence-electron chi connectivity index (χ0n) is 10.4. The second kappa shape index (κ2) is 5.35. The van der Waals surface area contributed by atoms with E-state index in [1.807, 2.05) is 0 Å². The minimum atomic E-state index is 0.703. The van der Waals surface area contributed by atoms with Gasteiger partial charge >= 0.3 is 0 Å². The molecule has 0 aliphatic carbocycles. The third kappa shape index (κ3) is 2.56. The summed E-state index contributed by atoms with van der Waals surface area (Å²) in [5.41, 5.74) is 2.79. The molecule has 2 nitrogen and oxygen atoms in total. The Kier molecular flexibility index (Phi) is 3.83. The highest BCUT2D eigenvalue weighted by molar-refractivity contribution is 5.53. The molecule has 0 spiro atoms. The summed E-state index contributed by atoms with van der Waals surface area (Å²) in [5.74, 6) is 0. The zero-order chi connectivity index (χ0) is 11.4. The summed E-state index contributed by atoms with van der Waals surface area (Å²) in [6.45, 7) is 7.87. The first-order chi connectivity index (χ1) is 7.81. The Morgan fingerprint density at radius 2 is 2.12 bits per heavy atom. The maximum absolute atomic E-state index is 3.61. The number of anilines is 1. The third-order valence-electron chi connectivity index (χ3n) is 3.51. The highest BCUT2D eigenvalue weighted by atomic mass is 15.2. The normalized spacial score (nSPS) is 21.9. The van der Waals surface area contributed by atoms with Crippen LogP contribution in [0.4, 0.5) is 5.69 Å². The SMILES string of the molecule is CCC1CCN(c2ccccc2C)CCN1. The molecule has 1 atom stereocenters. The van der Waals surface area contributed by atoms with Crippen molar-refractivity contribution < 1.29 is 0 Å². The highest BCUT2D eigenvalue weighted by Crippen LogP contribution is 2.20. The molecule has 0 aromatic heterocycles. The average Bonchev–Trinajstić information content (AvgIpc) is 2.55. The van der Waals surface area contributed by atoms with E-state index in [1.54, 1.807) is 0 Å². The molecule has 2 heteroatoms. The van der Waals surface area contributed by atoms with Crippen LogP contribution in [0, 0.1) is 6.92 Å². The Morgan fingerprint density at radius 1 is 1.31 bits per heavy atom. The summed E-state index contributed by atoms with van der Waals surface area (Å²) in [6.07, 6.45) is 2.49. The second-order valence-corrected chi connectivity index (χ2v) is 4.62. The maximum Gasteiger partial charge on any atom is 0.0396 e. The molecule has 16 heavy (non-hydrogen) atoms. The molecular formula is C14H22N2. The van der Waals surface area contributed by atoms with Crippen molar-refractivity contribution >= 4 is 5.69 Å². The molecule has 1 aliphatic rings. The fourth-order valence-corrected chi connectivity index (χ4v) is 2.44. The van der Waals surface area contributed by atoms with Crippen LogP contribution in [0.3, 0.4) is 0 Å². The predicted octanol–water partition coefficient (Wildman–Crippen LogP) is 2.57. The molecule has 0 amide bonds. The lowest BCUT2D eigenvalue weighted by molar-refractivity contribution is 0.510. The van der Waals surface area contributed by atoms with E-state index < -0.39 is 0 Å². The Hall–Kier alpha value is -1.02. The summed E-state index contributed by atoms with van der Waals surface area (Å²) >= 11 is 0. The lowest BCUT2D eigenvalue weighted by Crippen LogP contribution is -2.30. The molecule has 1 fully saturated rings. The van der Waals surface area contributed by atoms with E-state index in [4.69, 9.17) is 0 Å². The van der Waals surface area contributed by atoms with Crippen molar-refractivity contribution in [1.82, 2.24) is 5.32 Å². The van der Waals surface area contributed by atoms with Crippen LogP contribution in [0.1, 0.15) is 25.3 Å². The Morgan fingerprint density at radius 3 is 2.88 bits per heavy atom. The summed E-state index contributed by atoms with van der Waals surface area (Å²) in [4.78, 5) is 2.51. The number of rotatable bonds is 2. The molecule has 1 N–H and O–H groups in total. The van der Waals surface area contributed by atoms with Crippen LogP contribution in [0.15, 0.2) is 24.3 Å². The van der Waals surface area contributed by atoms with Crippen LogP contribution in [-0.4, -0.2) is 25.7 Å². The maximum atomic E-state index is 3.61. The highest BCUT2D eigenvalue weighted by Gasteiger charge is 2.15. The molecule has 1 unspecified atom stereocenters. The van der Waals surface area contributed by atoms with Crippen molar-refractivity contribution in [2.24, 2.45) is 0 Å². The van der Waals surface area contributed by atoms with Gasteiger partial charge in [0.15, 0.2) is 0 Å². The Bertz CT molecular complexity index is 335. The summed E-state index contributed by atoms with van der Waals surface area (Å²) in [7, 11) is 0. The molecule has 1 heterocycles. The molecular weight excluding hydrogens is 196 g/mol. The zero-order valence-corrected chi connectivity index (χ0v) is 10.4. The van der Waals surface area contributed by atoms with Gasteiger partial charge in [0.05, 0.1) is 0 Å². The van der Waals surface area contributed by atoms with Gasteiger partial charge in [-0.05, 0) is 31.4 Å². The fourth-order valence-electron chi connectivity index (χ4n) is 2.44. The van der Waals surface area contributed by atoms with Gasteiger partial charge in [-0.2, -0.15) is 0 Å². The van der Waals surface area contributed by atoms with Crippen LogP contribution in [0.5, 0.6) is 0 Å². The van der Waals surface area contributed by atoms with Gasteiger partial charge in [-0.15, -0.1) is 0 Å². The first kappa shape index (κ1) is 11.5. The van der Waals surface area contributed by atoms with E-state index in [-0.39, 0.29) is 0 Å². The van der Waals surface area contributed by atoms with Crippen molar-refractivity contribution in [3.05, 3.63) is 29.8 Å². The first-order valence-electron chi connectivity index (χ1n) is 6.35. The average molecular weight is 218 g/mol. The van der Waals surface area contributed by atoms with E-state index in [2.05, 4.69) is 48.3 Å². The van der Waals surface area contributed by atoms with Gasteiger partial charge in [0.1, 0.15) is 0 Å². The van der Waals surface area contributed by atoms with E-state index in [1.165, 1.54) is 30.6 Å². The number of hydrogen-bond donors (Lipinski definition) is 1. The molecule has 88 valence electrons. The van der Waals surface area contributed by atoms with Gasteiger partial charge in [-0.1, -0.05) is 25.1 Å². The largest absolute Gasteiger partial charge is 0.370 e. The molecule has 1 aromatic carbocycles. The molecule has 1 saturated heterocycles. The van der Waals surface area contributed by atoms with Gasteiger partial charge in [0, 0.05) is 31.4 Å². The lowest BCUT2D eigenvalue weighted by Gasteiger charge is -2.24. The first-order valence-corrected chi connectivity index (χ1v) is 6.35. The lowest BCUT2D eigenvalue weighted by atomic mass is 10.1. The molecule has 2 rings (SSSR count). The minimum Gasteiger partial charge on any atom is -0.370 e. The van der Waals surface area contributed by atoms with Crippen LogP contribution in [0.25, 0.3) is 0 Å². The van der Waals surface area contributed by atoms with E-state index >= 15 is 0 Å². The Labute approximate surface area is 98.7 Å². The van der Waals surface area contributed by atoms with Gasteiger partial charge in [0.2, 0.25) is 0 Å². The van der Waals surface area contributed by atoms with Crippen molar-refractivity contribution in [2.45, 2.75) is 32.7 Å². The number of aryl methyl sites for hydroxylation is 1.